The molecule has 0 aliphatic heterocycles. The summed E-state index contributed by atoms with van der Waals surface area (Å²) in [5, 5.41) is 10.3. The van der Waals surface area contributed by atoms with E-state index >= 15 is 0 Å². The number of hydrogen-bond donors (Lipinski definition) is 1. The van der Waals surface area contributed by atoms with Crippen molar-refractivity contribution in [2.45, 2.75) is 53.8 Å². The number of amides is 1. The zero-order valence-electron chi connectivity index (χ0n) is 21.7. The second kappa shape index (κ2) is 11.4. The lowest BCUT2D eigenvalue weighted by Gasteiger charge is -2.20. The highest BCUT2D eigenvalue weighted by atomic mass is 19.1. The summed E-state index contributed by atoms with van der Waals surface area (Å²) in [6, 6.07) is 10.4. The molecule has 2 aromatic carbocycles. The summed E-state index contributed by atoms with van der Waals surface area (Å²) in [5.74, 6) is -0.570. The first kappa shape index (κ1) is 27.6. The van der Waals surface area contributed by atoms with Gasteiger partial charge in [-0.2, -0.15) is 0 Å². The molecule has 3 rings (SSSR count). The Morgan fingerprint density at radius 3 is 2.51 bits per heavy atom. The van der Waals surface area contributed by atoms with Gasteiger partial charge in [-0.3, -0.25) is 9.69 Å². The van der Waals surface area contributed by atoms with Gasteiger partial charge in [-0.05, 0) is 76.9 Å². The molecule has 0 fully saturated rings. The van der Waals surface area contributed by atoms with E-state index in [1.165, 1.54) is 11.0 Å². The highest BCUT2D eigenvalue weighted by molar-refractivity contribution is 6.09. The van der Waals surface area contributed by atoms with Crippen molar-refractivity contribution in [3.8, 4) is 11.3 Å². The SMILES string of the molecule is CC(C)=C(/N=C(/C)N(C=O)c1cccc(-c2nc(C(C)(C)O)ncc2C)c1)OCc1ccc(F)cc1F. The first-order valence-electron chi connectivity index (χ1n) is 11.6. The van der Waals surface area contributed by atoms with Crippen molar-refractivity contribution in [1.29, 1.82) is 0 Å². The van der Waals surface area contributed by atoms with Crippen molar-refractivity contribution >= 4 is 17.9 Å². The number of aromatic nitrogens is 2. The lowest BCUT2D eigenvalue weighted by molar-refractivity contribution is -0.106. The van der Waals surface area contributed by atoms with Crippen LogP contribution in [0.3, 0.4) is 0 Å². The van der Waals surface area contributed by atoms with Gasteiger partial charge in [0.1, 0.15) is 29.7 Å². The van der Waals surface area contributed by atoms with Crippen LogP contribution in [0.1, 0.15) is 51.6 Å². The van der Waals surface area contributed by atoms with Crippen LogP contribution < -0.4 is 4.90 Å². The Kier molecular flexibility index (Phi) is 8.49. The van der Waals surface area contributed by atoms with Crippen molar-refractivity contribution < 1.29 is 23.4 Å². The van der Waals surface area contributed by atoms with E-state index in [0.717, 1.165) is 23.3 Å². The van der Waals surface area contributed by atoms with Crippen LogP contribution in [0, 0.1) is 18.6 Å². The molecule has 37 heavy (non-hydrogen) atoms. The summed E-state index contributed by atoms with van der Waals surface area (Å²) in [6.45, 7) is 10.1. The van der Waals surface area contributed by atoms with E-state index in [4.69, 9.17) is 4.74 Å². The minimum Gasteiger partial charge on any atom is -0.473 e. The topological polar surface area (TPSA) is 87.9 Å². The third kappa shape index (κ3) is 6.83. The molecule has 0 aliphatic carbocycles. The van der Waals surface area contributed by atoms with E-state index in [-0.39, 0.29) is 23.9 Å². The maximum Gasteiger partial charge on any atom is 0.219 e. The largest absolute Gasteiger partial charge is 0.473 e. The first-order valence-corrected chi connectivity index (χ1v) is 11.6. The predicted octanol–water partition coefficient (Wildman–Crippen LogP) is 5.81. The number of halogens is 2. The van der Waals surface area contributed by atoms with Crippen molar-refractivity contribution in [1.82, 2.24) is 9.97 Å². The molecular weight excluding hydrogens is 478 g/mol. The van der Waals surface area contributed by atoms with Crippen LogP contribution in [0.5, 0.6) is 0 Å². The van der Waals surface area contributed by atoms with Crippen LogP contribution in [0.2, 0.25) is 0 Å². The fourth-order valence-electron chi connectivity index (χ4n) is 3.43. The second-order valence-electron chi connectivity index (χ2n) is 9.30. The van der Waals surface area contributed by atoms with Crippen molar-refractivity contribution in [3.05, 3.63) is 88.7 Å². The zero-order valence-corrected chi connectivity index (χ0v) is 21.7. The summed E-state index contributed by atoms with van der Waals surface area (Å²) in [7, 11) is 0. The molecule has 0 atom stereocenters. The van der Waals surface area contributed by atoms with Crippen molar-refractivity contribution in [2.24, 2.45) is 4.99 Å². The molecule has 0 saturated heterocycles. The number of amidine groups is 1. The fourth-order valence-corrected chi connectivity index (χ4v) is 3.43. The maximum absolute atomic E-state index is 14.0. The number of aryl methyl sites for hydroxylation is 1. The van der Waals surface area contributed by atoms with E-state index in [1.807, 2.05) is 13.0 Å². The van der Waals surface area contributed by atoms with Gasteiger partial charge in [-0.25, -0.2) is 23.7 Å². The molecule has 194 valence electrons. The Hall–Kier alpha value is -3.98. The number of carbonyl (C=O) groups excluding carboxylic acids is 1. The van der Waals surface area contributed by atoms with Crippen LogP contribution in [-0.4, -0.2) is 27.3 Å². The molecular formula is C28H30F2N4O3. The number of nitrogens with zero attached hydrogens (tertiary/aromatic N) is 4. The number of allylic oxidation sites excluding steroid dienone is 1. The van der Waals surface area contributed by atoms with E-state index in [1.54, 1.807) is 59.0 Å². The number of carbonyl (C=O) groups is 1. The van der Waals surface area contributed by atoms with Crippen LogP contribution in [-0.2, 0) is 21.7 Å². The van der Waals surface area contributed by atoms with Gasteiger partial charge < -0.3 is 9.84 Å². The van der Waals surface area contributed by atoms with Crippen LogP contribution in [0.25, 0.3) is 11.3 Å². The standard InChI is InChI=1S/C28H30F2N4O3/c1-17(2)26(37-15-21-10-11-22(29)13-24(21)30)32-19(4)34(16-35)23-9-7-8-20(12-23)25-18(3)14-31-27(33-25)28(5,6)36/h7-14,16,36H,15H2,1-6H3/b32-19-. The maximum atomic E-state index is 14.0. The quantitative estimate of drug-likeness (QED) is 0.180. The second-order valence-corrected chi connectivity index (χ2v) is 9.30. The number of anilines is 1. The van der Waals surface area contributed by atoms with Crippen LogP contribution >= 0.6 is 0 Å². The lowest BCUT2D eigenvalue weighted by atomic mass is 10.0. The number of hydrogen-bond acceptors (Lipinski definition) is 6. The Labute approximate surface area is 215 Å². The summed E-state index contributed by atoms with van der Waals surface area (Å²) in [4.78, 5) is 26.7. The van der Waals surface area contributed by atoms with E-state index in [9.17, 15) is 18.7 Å². The van der Waals surface area contributed by atoms with E-state index in [0.29, 0.717) is 29.2 Å². The molecule has 7 nitrogen and oxygen atoms in total. The minimum absolute atomic E-state index is 0.156. The zero-order chi connectivity index (χ0) is 27.3. The molecule has 1 amide bonds. The average molecular weight is 509 g/mol. The number of rotatable bonds is 8. The number of aliphatic hydroxyl groups is 1. The number of ether oxygens (including phenoxy) is 1. The number of aliphatic imine (C=N–C) groups is 1. The Morgan fingerprint density at radius 1 is 1.16 bits per heavy atom. The van der Waals surface area contributed by atoms with Crippen molar-refractivity contribution in [2.75, 3.05) is 4.90 Å². The molecule has 3 aromatic rings. The monoisotopic (exact) mass is 508 g/mol. The summed E-state index contributed by atoms with van der Waals surface area (Å²) in [5.41, 5.74) is 2.37. The Morgan fingerprint density at radius 2 is 1.89 bits per heavy atom. The number of benzene rings is 2. The Bertz CT molecular complexity index is 1360. The molecule has 0 saturated carbocycles. The van der Waals surface area contributed by atoms with Gasteiger partial charge in [0, 0.05) is 23.4 Å². The molecule has 1 aromatic heterocycles. The van der Waals surface area contributed by atoms with Gasteiger partial charge in [0.25, 0.3) is 0 Å². The molecule has 9 heteroatoms. The summed E-state index contributed by atoms with van der Waals surface area (Å²) < 4.78 is 32.9. The molecule has 0 bridgehead atoms. The molecule has 0 aliphatic rings. The van der Waals surface area contributed by atoms with Gasteiger partial charge in [0.05, 0.1) is 11.4 Å². The molecule has 0 radical (unpaired) electrons. The van der Waals surface area contributed by atoms with E-state index in [2.05, 4.69) is 15.0 Å². The van der Waals surface area contributed by atoms with Gasteiger partial charge >= 0.3 is 0 Å². The highest BCUT2D eigenvalue weighted by Gasteiger charge is 2.21. The summed E-state index contributed by atoms with van der Waals surface area (Å²) >= 11 is 0. The average Bonchev–Trinajstić information content (AvgIpc) is 2.82. The molecule has 0 unspecified atom stereocenters. The van der Waals surface area contributed by atoms with Crippen LogP contribution in [0.15, 0.2) is 65.1 Å². The van der Waals surface area contributed by atoms with E-state index < -0.39 is 17.2 Å². The molecule has 1 N–H and O–H groups in total. The minimum atomic E-state index is -1.21. The first-order chi connectivity index (χ1) is 17.4. The lowest BCUT2D eigenvalue weighted by Crippen LogP contribution is -2.27. The van der Waals surface area contributed by atoms with Gasteiger partial charge in [-0.1, -0.05) is 12.1 Å². The fraction of sp³-hybridized carbons (Fsp3) is 0.286. The smallest absolute Gasteiger partial charge is 0.219 e. The third-order valence-corrected chi connectivity index (χ3v) is 5.44. The molecule has 0 spiro atoms. The summed E-state index contributed by atoms with van der Waals surface area (Å²) in [6.07, 6.45) is 2.28. The highest BCUT2D eigenvalue weighted by Crippen LogP contribution is 2.28. The van der Waals surface area contributed by atoms with Crippen molar-refractivity contribution in [3.63, 3.8) is 0 Å². The normalized spacial score (nSPS) is 11.8. The third-order valence-electron chi connectivity index (χ3n) is 5.44. The Balaban J connectivity index is 1.91. The van der Waals surface area contributed by atoms with Gasteiger partial charge in [0.15, 0.2) is 5.82 Å². The van der Waals surface area contributed by atoms with Crippen LogP contribution in [0.4, 0.5) is 14.5 Å². The van der Waals surface area contributed by atoms with Gasteiger partial charge in [-0.15, -0.1) is 0 Å². The van der Waals surface area contributed by atoms with Gasteiger partial charge in [0.2, 0.25) is 12.3 Å². The predicted molar refractivity (Wildman–Crippen MR) is 139 cm³/mol. The molecule has 1 heterocycles.